The molecule has 0 N–H and O–H groups in total. The molecule has 1 saturated carbocycles. The van der Waals surface area contributed by atoms with Crippen LogP contribution in [0.4, 0.5) is 0 Å². The summed E-state index contributed by atoms with van der Waals surface area (Å²) >= 11 is 0. The van der Waals surface area contributed by atoms with Crippen LogP contribution in [0, 0.1) is 5.92 Å². The number of rotatable bonds is 3. The molecule has 1 rings (SSSR count). The van der Waals surface area contributed by atoms with Crippen LogP contribution in [-0.2, 0) is 0 Å². The van der Waals surface area contributed by atoms with Crippen LogP contribution in [0.5, 0.6) is 0 Å². The summed E-state index contributed by atoms with van der Waals surface area (Å²) < 4.78 is 0. The monoisotopic (exact) mass is 220 g/mol. The maximum atomic E-state index is 4.08. The average Bonchev–Trinajstić information content (AvgIpc) is 2.32. The van der Waals surface area contributed by atoms with Gasteiger partial charge in [-0.15, -0.1) is 0 Å². The first-order valence-electron chi connectivity index (χ1n) is 6.68. The van der Waals surface area contributed by atoms with Crippen molar-refractivity contribution in [2.45, 2.75) is 59.3 Å². The zero-order valence-corrected chi connectivity index (χ0v) is 11.3. The first-order chi connectivity index (χ1) is 7.76. The second-order valence-electron chi connectivity index (χ2n) is 4.39. The molecule has 0 aromatic heterocycles. The summed E-state index contributed by atoms with van der Waals surface area (Å²) in [5.41, 5.74) is 1.34. The van der Waals surface area contributed by atoms with E-state index in [0.717, 1.165) is 12.3 Å². The molecule has 1 aliphatic carbocycles. The van der Waals surface area contributed by atoms with Gasteiger partial charge in [0.25, 0.3) is 0 Å². The maximum absolute atomic E-state index is 4.08. The zero-order valence-electron chi connectivity index (χ0n) is 11.3. The normalized spacial score (nSPS) is 17.4. The molecule has 0 bridgehead atoms. The smallest absolute Gasteiger partial charge is 0.0168 e. The maximum Gasteiger partial charge on any atom is -0.0168 e. The van der Waals surface area contributed by atoms with Gasteiger partial charge >= 0.3 is 0 Å². The van der Waals surface area contributed by atoms with Crippen LogP contribution in [0.1, 0.15) is 59.3 Å². The lowest BCUT2D eigenvalue weighted by molar-refractivity contribution is 0.409. The van der Waals surface area contributed by atoms with E-state index in [-0.39, 0.29) is 0 Å². The highest BCUT2D eigenvalue weighted by atomic mass is 14.2. The molecular weight excluding hydrogens is 192 g/mol. The Morgan fingerprint density at radius 1 is 1.12 bits per heavy atom. The van der Waals surface area contributed by atoms with Gasteiger partial charge < -0.3 is 0 Å². The van der Waals surface area contributed by atoms with Gasteiger partial charge in [0.05, 0.1) is 0 Å². The molecular formula is C16H28. The van der Waals surface area contributed by atoms with Gasteiger partial charge in [0.2, 0.25) is 0 Å². The third-order valence-electron chi connectivity index (χ3n) is 2.98. The van der Waals surface area contributed by atoms with Crippen LogP contribution in [0.2, 0.25) is 0 Å². The number of hydrogen-bond acceptors (Lipinski definition) is 0. The largest absolute Gasteiger partial charge is 0.0956 e. The fourth-order valence-corrected chi connectivity index (χ4v) is 2.06. The van der Waals surface area contributed by atoms with E-state index in [1.54, 1.807) is 0 Å². The Hall–Kier alpha value is -0.780. The lowest BCUT2D eigenvalue weighted by Crippen LogP contribution is -2.06. The summed E-state index contributed by atoms with van der Waals surface area (Å²) in [6.07, 6.45) is 16.6. The summed E-state index contributed by atoms with van der Waals surface area (Å²) in [6.45, 7) is 10.3. The molecule has 0 saturated heterocycles. The summed E-state index contributed by atoms with van der Waals surface area (Å²) in [5, 5.41) is 0. The van der Waals surface area contributed by atoms with E-state index in [0.29, 0.717) is 0 Å². The number of hydrogen-bond donors (Lipinski definition) is 0. The third-order valence-corrected chi connectivity index (χ3v) is 2.98. The molecule has 0 aromatic carbocycles. The molecule has 0 unspecified atom stereocenters. The standard InChI is InChI=1S/C11H18.C5H10/c1-3-7-10(2)11-8-5-4-6-9-11;1-3-5-4-2/h3,7,11H,2,4-6,8-9H2,1H3;3,5H,4H2,1-2H3/b7-3-;5-3-. The highest BCUT2D eigenvalue weighted by Crippen LogP contribution is 2.29. The van der Waals surface area contributed by atoms with E-state index in [1.807, 2.05) is 6.92 Å². The van der Waals surface area contributed by atoms with Gasteiger partial charge in [-0.3, -0.25) is 0 Å². The van der Waals surface area contributed by atoms with E-state index in [2.05, 4.69) is 44.7 Å². The van der Waals surface area contributed by atoms with E-state index in [4.69, 9.17) is 0 Å². The molecule has 0 aromatic rings. The molecule has 0 aliphatic heterocycles. The second kappa shape index (κ2) is 10.7. The van der Waals surface area contributed by atoms with Crippen molar-refractivity contribution >= 4 is 0 Å². The predicted molar refractivity (Wildman–Crippen MR) is 75.6 cm³/mol. The quantitative estimate of drug-likeness (QED) is 0.424. The summed E-state index contributed by atoms with van der Waals surface area (Å²) in [5.74, 6) is 0.792. The summed E-state index contributed by atoms with van der Waals surface area (Å²) in [4.78, 5) is 0. The van der Waals surface area contributed by atoms with Gasteiger partial charge in [0.15, 0.2) is 0 Å². The van der Waals surface area contributed by atoms with Gasteiger partial charge in [0.1, 0.15) is 0 Å². The molecule has 92 valence electrons. The first-order valence-corrected chi connectivity index (χ1v) is 6.68. The van der Waals surface area contributed by atoms with Crippen LogP contribution in [0.15, 0.2) is 36.5 Å². The Kier molecular flexibility index (Phi) is 10.2. The van der Waals surface area contributed by atoms with Gasteiger partial charge in [-0.25, -0.2) is 0 Å². The predicted octanol–water partition coefficient (Wildman–Crippen LogP) is 5.67. The van der Waals surface area contributed by atoms with E-state index < -0.39 is 0 Å². The Bertz CT molecular complexity index is 214. The van der Waals surface area contributed by atoms with Crippen LogP contribution < -0.4 is 0 Å². The molecule has 0 atom stereocenters. The second-order valence-corrected chi connectivity index (χ2v) is 4.39. The number of allylic oxidation sites excluding steroid dienone is 5. The minimum atomic E-state index is 0.792. The third kappa shape index (κ3) is 7.50. The van der Waals surface area contributed by atoms with Crippen molar-refractivity contribution in [1.82, 2.24) is 0 Å². The van der Waals surface area contributed by atoms with Crippen LogP contribution in [0.3, 0.4) is 0 Å². The fraction of sp³-hybridized carbons (Fsp3) is 0.625. The van der Waals surface area contributed by atoms with E-state index in [9.17, 15) is 0 Å². The van der Waals surface area contributed by atoms with Gasteiger partial charge in [-0.2, -0.15) is 0 Å². The molecule has 1 fully saturated rings. The van der Waals surface area contributed by atoms with Crippen molar-refractivity contribution < 1.29 is 0 Å². The van der Waals surface area contributed by atoms with Gasteiger partial charge in [0, 0.05) is 0 Å². The Morgan fingerprint density at radius 2 is 1.75 bits per heavy atom. The lowest BCUT2D eigenvalue weighted by Gasteiger charge is -2.21. The van der Waals surface area contributed by atoms with Crippen molar-refractivity contribution in [3.63, 3.8) is 0 Å². The molecule has 0 radical (unpaired) electrons. The Morgan fingerprint density at radius 3 is 2.12 bits per heavy atom. The summed E-state index contributed by atoms with van der Waals surface area (Å²) in [6, 6.07) is 0. The lowest BCUT2D eigenvalue weighted by atomic mass is 9.84. The van der Waals surface area contributed by atoms with Crippen molar-refractivity contribution in [2.24, 2.45) is 5.92 Å². The Labute approximate surface area is 102 Å². The van der Waals surface area contributed by atoms with Crippen molar-refractivity contribution in [1.29, 1.82) is 0 Å². The molecule has 0 spiro atoms. The van der Waals surface area contributed by atoms with Crippen LogP contribution in [0.25, 0.3) is 0 Å². The highest BCUT2D eigenvalue weighted by molar-refractivity contribution is 5.17. The van der Waals surface area contributed by atoms with Crippen LogP contribution in [-0.4, -0.2) is 0 Å². The molecule has 16 heavy (non-hydrogen) atoms. The zero-order chi connectivity index (χ0) is 12.2. The van der Waals surface area contributed by atoms with E-state index in [1.165, 1.54) is 37.7 Å². The van der Waals surface area contributed by atoms with Crippen molar-refractivity contribution in [3.05, 3.63) is 36.5 Å². The fourth-order valence-electron chi connectivity index (χ4n) is 2.06. The molecule has 0 heteroatoms. The average molecular weight is 220 g/mol. The first kappa shape index (κ1) is 15.2. The SMILES string of the molecule is C/C=C\CC.C=C(/C=C\C)C1CCCCC1. The molecule has 1 aliphatic rings. The van der Waals surface area contributed by atoms with Crippen LogP contribution >= 0.6 is 0 Å². The Balaban J connectivity index is 0.000000385. The van der Waals surface area contributed by atoms with E-state index >= 15 is 0 Å². The highest BCUT2D eigenvalue weighted by Gasteiger charge is 2.13. The van der Waals surface area contributed by atoms with Crippen molar-refractivity contribution in [3.8, 4) is 0 Å². The minimum absolute atomic E-state index is 0.792. The topological polar surface area (TPSA) is 0 Å². The molecule has 0 amide bonds. The molecule has 0 nitrogen and oxygen atoms in total. The minimum Gasteiger partial charge on any atom is -0.0956 e. The van der Waals surface area contributed by atoms with Crippen molar-refractivity contribution in [2.75, 3.05) is 0 Å². The molecule has 0 heterocycles. The van der Waals surface area contributed by atoms with Gasteiger partial charge in [-0.05, 0) is 39.0 Å². The van der Waals surface area contributed by atoms with Gasteiger partial charge in [-0.1, -0.05) is 62.6 Å². The summed E-state index contributed by atoms with van der Waals surface area (Å²) in [7, 11) is 0.